The van der Waals surface area contributed by atoms with Gasteiger partial charge in [-0.3, -0.25) is 14.5 Å². The predicted octanol–water partition coefficient (Wildman–Crippen LogP) is 1.33. The van der Waals surface area contributed by atoms with E-state index in [1.807, 2.05) is 42.5 Å². The first-order valence-corrected chi connectivity index (χ1v) is 9.11. The van der Waals surface area contributed by atoms with Crippen molar-refractivity contribution in [2.45, 2.75) is 44.1 Å². The summed E-state index contributed by atoms with van der Waals surface area (Å²) in [6, 6.07) is 5.85. The lowest BCUT2D eigenvalue weighted by molar-refractivity contribution is -0.135. The molecular formula is C19H24N4O3. The molecule has 0 aromatic carbocycles. The Bertz CT molecular complexity index is 748. The smallest absolute Gasteiger partial charge is 0.229 e. The highest BCUT2D eigenvalue weighted by molar-refractivity contribution is 5.78. The molecule has 1 aliphatic carbocycles. The lowest BCUT2D eigenvalue weighted by Gasteiger charge is -2.31. The first-order chi connectivity index (χ1) is 12.7. The van der Waals surface area contributed by atoms with Gasteiger partial charge in [-0.05, 0) is 30.5 Å². The monoisotopic (exact) mass is 356 g/mol. The molecule has 138 valence electrons. The van der Waals surface area contributed by atoms with Crippen LogP contribution in [0.15, 0.2) is 36.8 Å². The maximum absolute atomic E-state index is 12.9. The van der Waals surface area contributed by atoms with Gasteiger partial charge in [0.1, 0.15) is 6.10 Å². The van der Waals surface area contributed by atoms with Crippen molar-refractivity contribution in [3.8, 4) is 0 Å². The van der Waals surface area contributed by atoms with Gasteiger partial charge < -0.3 is 14.4 Å². The third-order valence-corrected chi connectivity index (χ3v) is 5.14. The minimum Gasteiger partial charge on any atom is -0.374 e. The molecule has 2 fully saturated rings. The zero-order valence-corrected chi connectivity index (χ0v) is 15.0. The number of aromatic nitrogens is 3. The molecule has 2 aromatic rings. The molecule has 0 unspecified atom stereocenters. The van der Waals surface area contributed by atoms with E-state index in [0.29, 0.717) is 26.2 Å². The van der Waals surface area contributed by atoms with Gasteiger partial charge in [0.05, 0.1) is 37.5 Å². The molecule has 3 heterocycles. The predicted molar refractivity (Wildman–Crippen MR) is 94.2 cm³/mol. The number of aryl methyl sites for hydroxylation is 1. The van der Waals surface area contributed by atoms with Crippen LogP contribution >= 0.6 is 0 Å². The average Bonchev–Trinajstić information content (AvgIpc) is 3.16. The molecule has 2 bridgehead atoms. The molecule has 4 rings (SSSR count). The third kappa shape index (κ3) is 3.64. The summed E-state index contributed by atoms with van der Waals surface area (Å²) in [4.78, 5) is 19.0. The molecular weight excluding hydrogens is 332 g/mol. The summed E-state index contributed by atoms with van der Waals surface area (Å²) in [5.41, 5.74) is 1.83. The van der Waals surface area contributed by atoms with E-state index in [-0.39, 0.29) is 24.2 Å². The Morgan fingerprint density at radius 3 is 3.08 bits per heavy atom. The SMILES string of the molecule is Cn1ccc(CC(=O)N2CCO[C@H]3CC[C@H]2[C@@H]3OCc2cccnc2)n1. The average molecular weight is 356 g/mol. The van der Waals surface area contributed by atoms with Crippen molar-refractivity contribution in [3.05, 3.63) is 48.0 Å². The fraction of sp³-hybridized carbons (Fsp3) is 0.526. The minimum absolute atomic E-state index is 0.0596. The van der Waals surface area contributed by atoms with Crippen LogP contribution in [0.4, 0.5) is 0 Å². The summed E-state index contributed by atoms with van der Waals surface area (Å²) in [5, 5.41) is 4.32. The molecule has 0 radical (unpaired) electrons. The van der Waals surface area contributed by atoms with Crippen molar-refractivity contribution in [2.75, 3.05) is 13.2 Å². The largest absolute Gasteiger partial charge is 0.374 e. The molecule has 3 atom stereocenters. The van der Waals surface area contributed by atoms with Crippen LogP contribution in [0.3, 0.4) is 0 Å². The Hall–Kier alpha value is -2.25. The first-order valence-electron chi connectivity index (χ1n) is 9.11. The molecule has 7 nitrogen and oxygen atoms in total. The molecule has 1 amide bonds. The lowest BCUT2D eigenvalue weighted by atomic mass is 10.1. The molecule has 1 saturated heterocycles. The van der Waals surface area contributed by atoms with E-state index in [9.17, 15) is 4.79 Å². The number of ether oxygens (including phenoxy) is 2. The van der Waals surface area contributed by atoms with Crippen molar-refractivity contribution in [1.82, 2.24) is 19.7 Å². The van der Waals surface area contributed by atoms with Crippen molar-refractivity contribution < 1.29 is 14.3 Å². The van der Waals surface area contributed by atoms with Gasteiger partial charge in [0.2, 0.25) is 5.91 Å². The zero-order valence-electron chi connectivity index (χ0n) is 15.0. The number of fused-ring (bicyclic) bond motifs is 2. The second-order valence-electron chi connectivity index (χ2n) is 6.94. The Kier molecular flexibility index (Phi) is 4.99. The summed E-state index contributed by atoms with van der Waals surface area (Å²) in [5.74, 6) is 0.0924. The van der Waals surface area contributed by atoms with Gasteiger partial charge in [-0.25, -0.2) is 0 Å². The number of carbonyl (C=O) groups is 1. The van der Waals surface area contributed by atoms with Gasteiger partial charge in [0.25, 0.3) is 0 Å². The van der Waals surface area contributed by atoms with Gasteiger partial charge in [-0.2, -0.15) is 5.10 Å². The maximum atomic E-state index is 12.9. The summed E-state index contributed by atoms with van der Waals surface area (Å²) in [6.07, 6.45) is 7.54. The van der Waals surface area contributed by atoms with Crippen molar-refractivity contribution in [3.63, 3.8) is 0 Å². The van der Waals surface area contributed by atoms with Crippen LogP contribution < -0.4 is 0 Å². The Morgan fingerprint density at radius 1 is 1.38 bits per heavy atom. The minimum atomic E-state index is -0.0922. The second-order valence-corrected chi connectivity index (χ2v) is 6.94. The molecule has 0 N–H and O–H groups in total. The Balaban J connectivity index is 1.44. The Morgan fingerprint density at radius 2 is 2.31 bits per heavy atom. The molecule has 2 aromatic heterocycles. The summed E-state index contributed by atoms with van der Waals surface area (Å²) in [7, 11) is 1.86. The van der Waals surface area contributed by atoms with Crippen LogP contribution in [0.2, 0.25) is 0 Å². The first kappa shape index (κ1) is 17.2. The standard InChI is InChI=1S/C19H24N4O3/c1-22-8-6-15(21-22)11-18(24)23-9-10-25-17-5-4-16(23)19(17)26-13-14-3-2-7-20-12-14/h2-3,6-8,12,16-17,19H,4-5,9-11,13H2,1H3/t16-,17-,19-/m0/s1. The summed E-state index contributed by atoms with van der Waals surface area (Å²) < 4.78 is 13.9. The molecule has 26 heavy (non-hydrogen) atoms. The van der Waals surface area contributed by atoms with E-state index >= 15 is 0 Å². The molecule has 0 spiro atoms. The van der Waals surface area contributed by atoms with Gasteiger partial charge in [0.15, 0.2) is 0 Å². The number of hydrogen-bond donors (Lipinski definition) is 0. The number of nitrogens with zero attached hydrogens (tertiary/aromatic N) is 4. The Labute approximate surface area is 152 Å². The van der Waals surface area contributed by atoms with Crippen LogP contribution in [0.25, 0.3) is 0 Å². The van der Waals surface area contributed by atoms with Crippen molar-refractivity contribution in [1.29, 1.82) is 0 Å². The zero-order chi connectivity index (χ0) is 17.9. The molecule has 2 aliphatic rings. The fourth-order valence-electron chi connectivity index (χ4n) is 3.91. The number of hydrogen-bond acceptors (Lipinski definition) is 5. The van der Waals surface area contributed by atoms with E-state index in [1.54, 1.807) is 10.9 Å². The van der Waals surface area contributed by atoms with Gasteiger partial charge >= 0.3 is 0 Å². The quantitative estimate of drug-likeness (QED) is 0.808. The topological polar surface area (TPSA) is 69.5 Å². The van der Waals surface area contributed by atoms with Crippen LogP contribution in [0.5, 0.6) is 0 Å². The fourth-order valence-corrected chi connectivity index (χ4v) is 3.91. The maximum Gasteiger partial charge on any atom is 0.229 e. The number of rotatable bonds is 5. The van der Waals surface area contributed by atoms with E-state index in [2.05, 4.69) is 10.1 Å². The highest BCUT2D eigenvalue weighted by Gasteiger charge is 2.44. The summed E-state index contributed by atoms with van der Waals surface area (Å²) in [6.45, 7) is 1.65. The van der Waals surface area contributed by atoms with Crippen LogP contribution in [0.1, 0.15) is 24.1 Å². The van der Waals surface area contributed by atoms with E-state index in [4.69, 9.17) is 9.47 Å². The van der Waals surface area contributed by atoms with Crippen LogP contribution in [-0.4, -0.2) is 57.0 Å². The van der Waals surface area contributed by atoms with Crippen LogP contribution in [0, 0.1) is 0 Å². The number of amides is 1. The van der Waals surface area contributed by atoms with E-state index in [0.717, 1.165) is 24.1 Å². The molecule has 1 saturated carbocycles. The lowest BCUT2D eigenvalue weighted by Crippen LogP contribution is -2.47. The van der Waals surface area contributed by atoms with Crippen molar-refractivity contribution in [2.24, 2.45) is 7.05 Å². The van der Waals surface area contributed by atoms with Crippen LogP contribution in [-0.2, 0) is 34.3 Å². The number of pyridine rings is 1. The third-order valence-electron chi connectivity index (χ3n) is 5.14. The van der Waals surface area contributed by atoms with E-state index < -0.39 is 0 Å². The molecule has 7 heteroatoms. The van der Waals surface area contributed by atoms with E-state index in [1.165, 1.54) is 0 Å². The van der Waals surface area contributed by atoms with Gasteiger partial charge in [-0.1, -0.05) is 6.07 Å². The van der Waals surface area contributed by atoms with Gasteiger partial charge in [0, 0.05) is 32.2 Å². The normalized spacial score (nSPS) is 25.3. The number of carbonyl (C=O) groups excluding carboxylic acids is 1. The van der Waals surface area contributed by atoms with Gasteiger partial charge in [-0.15, -0.1) is 0 Å². The highest BCUT2D eigenvalue weighted by Crippen LogP contribution is 2.33. The molecule has 1 aliphatic heterocycles. The van der Waals surface area contributed by atoms with Crippen molar-refractivity contribution >= 4 is 5.91 Å². The second kappa shape index (κ2) is 7.55. The summed E-state index contributed by atoms with van der Waals surface area (Å²) >= 11 is 0. The highest BCUT2D eigenvalue weighted by atomic mass is 16.5.